The molecule has 0 unspecified atom stereocenters. The van der Waals surface area contributed by atoms with Gasteiger partial charge < -0.3 is 5.32 Å². The van der Waals surface area contributed by atoms with Crippen molar-refractivity contribution < 1.29 is 9.11 Å². The summed E-state index contributed by atoms with van der Waals surface area (Å²) in [5.41, 5.74) is 2.37. The molecule has 3 N–H and O–H groups in total. The highest BCUT2D eigenvalue weighted by atomic mass is 35.5. The Bertz CT molecular complexity index is 752. The molecule has 0 bridgehead atoms. The second kappa shape index (κ2) is 6.70. The van der Waals surface area contributed by atoms with Crippen molar-refractivity contribution in [3.63, 3.8) is 0 Å². The third-order valence-electron chi connectivity index (χ3n) is 4.52. The molecule has 134 valence electrons. The number of fused-ring (bicyclic) bond motifs is 1. The number of hydrogen-bond acceptors (Lipinski definition) is 5. The topological polar surface area (TPSA) is 59.0 Å². The molecule has 4 rings (SSSR count). The molecular weight excluding hydrogens is 358 g/mol. The molecular formula is C18H22ClN3O2S. The van der Waals surface area contributed by atoms with Gasteiger partial charge in [0.25, 0.3) is 0 Å². The molecule has 1 aliphatic heterocycles. The predicted octanol–water partition coefficient (Wildman–Crippen LogP) is 5.02. The number of rotatable bonds is 6. The van der Waals surface area contributed by atoms with E-state index in [9.17, 15) is 9.11 Å². The summed E-state index contributed by atoms with van der Waals surface area (Å²) in [4.78, 5) is 0. The molecule has 1 heterocycles. The zero-order valence-corrected chi connectivity index (χ0v) is 15.4. The second-order valence-electron chi connectivity index (χ2n) is 6.43. The fraction of sp³-hybridized carbons (Fsp3) is 0.333. The van der Waals surface area contributed by atoms with Gasteiger partial charge in [-0.2, -0.15) is 0 Å². The lowest BCUT2D eigenvalue weighted by Gasteiger charge is -2.43. The Morgan fingerprint density at radius 2 is 1.72 bits per heavy atom. The van der Waals surface area contributed by atoms with E-state index in [2.05, 4.69) is 5.32 Å². The molecule has 0 aromatic heterocycles. The van der Waals surface area contributed by atoms with Gasteiger partial charge in [-0.15, -0.1) is 0 Å². The van der Waals surface area contributed by atoms with E-state index in [1.807, 2.05) is 36.4 Å². The third kappa shape index (κ3) is 3.32. The highest BCUT2D eigenvalue weighted by molar-refractivity contribution is 8.27. The van der Waals surface area contributed by atoms with Crippen LogP contribution >= 0.6 is 22.6 Å². The molecule has 0 atom stereocenters. The molecule has 1 fully saturated rings. The Morgan fingerprint density at radius 3 is 2.40 bits per heavy atom. The first-order chi connectivity index (χ1) is 12.1. The lowest BCUT2D eigenvalue weighted by Crippen LogP contribution is -2.33. The van der Waals surface area contributed by atoms with Gasteiger partial charge in [0.2, 0.25) is 0 Å². The van der Waals surface area contributed by atoms with Crippen LogP contribution in [0.25, 0.3) is 0 Å². The van der Waals surface area contributed by atoms with Gasteiger partial charge in [0, 0.05) is 17.6 Å². The van der Waals surface area contributed by atoms with Gasteiger partial charge in [-0.3, -0.25) is 13.4 Å². The van der Waals surface area contributed by atoms with E-state index in [4.69, 9.17) is 11.6 Å². The maximum atomic E-state index is 11.0. The minimum absolute atomic E-state index is 0.586. The average molecular weight is 380 g/mol. The van der Waals surface area contributed by atoms with Crippen LogP contribution in [0.5, 0.6) is 0 Å². The normalized spacial score (nSPS) is 19.8. The average Bonchev–Trinajstić information content (AvgIpc) is 3.38. The smallest absolute Gasteiger partial charge is 0.0896 e. The largest absolute Gasteiger partial charge is 0.314 e. The molecule has 1 aliphatic carbocycles. The number of halogens is 1. The van der Waals surface area contributed by atoms with Crippen LogP contribution < -0.4 is 13.9 Å². The third-order valence-corrected chi connectivity index (χ3v) is 6.64. The molecule has 2 aliphatic rings. The lowest BCUT2D eigenvalue weighted by molar-refractivity contribution is 0.483. The molecule has 0 amide bonds. The van der Waals surface area contributed by atoms with Crippen molar-refractivity contribution in [1.82, 2.24) is 5.32 Å². The summed E-state index contributed by atoms with van der Waals surface area (Å²) in [5, 5.41) is 4.09. The first kappa shape index (κ1) is 17.0. The van der Waals surface area contributed by atoms with E-state index >= 15 is 0 Å². The van der Waals surface area contributed by atoms with E-state index in [1.165, 1.54) is 12.8 Å². The summed E-state index contributed by atoms with van der Waals surface area (Å²) < 4.78 is 25.4. The summed E-state index contributed by atoms with van der Waals surface area (Å²) >= 11 is 5.98. The predicted molar refractivity (Wildman–Crippen MR) is 106 cm³/mol. The van der Waals surface area contributed by atoms with Gasteiger partial charge in [-0.25, -0.2) is 4.31 Å². The molecule has 1 saturated carbocycles. The molecule has 25 heavy (non-hydrogen) atoms. The quantitative estimate of drug-likeness (QED) is 0.615. The van der Waals surface area contributed by atoms with Crippen LogP contribution in [0.3, 0.4) is 0 Å². The monoisotopic (exact) mass is 379 g/mol. The van der Waals surface area contributed by atoms with Crippen molar-refractivity contribution >= 4 is 39.6 Å². The molecule has 5 nitrogen and oxygen atoms in total. The first-order valence-corrected chi connectivity index (χ1v) is 10.4. The zero-order chi connectivity index (χ0) is 17.4. The van der Waals surface area contributed by atoms with Crippen LogP contribution in [-0.2, 0) is 0 Å². The van der Waals surface area contributed by atoms with Crippen LogP contribution in [0.1, 0.15) is 19.3 Å². The Kier molecular flexibility index (Phi) is 4.56. The Hall–Kier alpha value is -1.44. The van der Waals surface area contributed by atoms with Crippen LogP contribution in [0.2, 0.25) is 5.02 Å². The summed E-state index contributed by atoms with van der Waals surface area (Å²) in [5.74, 6) is 0. The van der Waals surface area contributed by atoms with Crippen LogP contribution in [0.15, 0.2) is 48.5 Å². The number of nitrogens with one attached hydrogen (secondary N) is 1. The molecule has 0 saturated heterocycles. The standard InChI is InChI=1S/C18H22ClN3O2S/c19-14-6-10-16(11-7-14)22-18-5-2-1-4-17(18)21(25(22,23)24)13-3-12-20-15-8-9-15/h1-2,4-7,10-11,15,20,23-24H,3,8-9,12-13H2. The van der Waals surface area contributed by atoms with Crippen LogP contribution in [0, 0.1) is 0 Å². The van der Waals surface area contributed by atoms with Gasteiger partial charge in [0.05, 0.1) is 17.1 Å². The Labute approximate surface area is 154 Å². The van der Waals surface area contributed by atoms with Gasteiger partial charge >= 0.3 is 0 Å². The summed E-state index contributed by atoms with van der Waals surface area (Å²) in [6, 6.07) is 15.5. The highest BCUT2D eigenvalue weighted by Crippen LogP contribution is 2.64. The number of benzene rings is 2. The fourth-order valence-corrected chi connectivity index (χ4v) is 5.06. The van der Waals surface area contributed by atoms with Crippen molar-refractivity contribution in [1.29, 1.82) is 0 Å². The molecule has 2 aromatic carbocycles. The van der Waals surface area contributed by atoms with E-state index < -0.39 is 11.0 Å². The minimum atomic E-state index is -3.14. The van der Waals surface area contributed by atoms with Crippen molar-refractivity contribution in [2.45, 2.75) is 25.3 Å². The van der Waals surface area contributed by atoms with E-state index in [0.29, 0.717) is 17.6 Å². The summed E-state index contributed by atoms with van der Waals surface area (Å²) in [6.07, 6.45) is 3.37. The number of hydrogen-bond donors (Lipinski definition) is 3. The first-order valence-electron chi connectivity index (χ1n) is 8.51. The van der Waals surface area contributed by atoms with Crippen molar-refractivity contribution in [2.75, 3.05) is 21.7 Å². The maximum absolute atomic E-state index is 11.0. The molecule has 7 heteroatoms. The Morgan fingerprint density at radius 1 is 1.04 bits per heavy atom. The van der Waals surface area contributed by atoms with E-state index in [0.717, 1.165) is 30.0 Å². The minimum Gasteiger partial charge on any atom is -0.314 e. The van der Waals surface area contributed by atoms with E-state index in [-0.39, 0.29) is 0 Å². The molecule has 0 spiro atoms. The van der Waals surface area contributed by atoms with Crippen molar-refractivity contribution in [2.24, 2.45) is 0 Å². The number of nitrogens with zero attached hydrogens (tertiary/aromatic N) is 2. The molecule has 2 aromatic rings. The summed E-state index contributed by atoms with van der Waals surface area (Å²) in [6.45, 7) is 1.48. The second-order valence-corrected chi connectivity index (χ2v) is 8.66. The van der Waals surface area contributed by atoms with Gasteiger partial charge in [0.1, 0.15) is 0 Å². The van der Waals surface area contributed by atoms with Crippen LogP contribution in [0.4, 0.5) is 17.1 Å². The van der Waals surface area contributed by atoms with Crippen LogP contribution in [-0.4, -0.2) is 28.2 Å². The summed E-state index contributed by atoms with van der Waals surface area (Å²) in [7, 11) is -3.14. The van der Waals surface area contributed by atoms with Crippen molar-refractivity contribution in [3.8, 4) is 0 Å². The SMILES string of the molecule is OS1(O)N(CCCNC2CC2)c2ccccc2N1c1ccc(Cl)cc1. The van der Waals surface area contributed by atoms with Gasteiger partial charge in [0.15, 0.2) is 0 Å². The zero-order valence-electron chi connectivity index (χ0n) is 13.8. The van der Waals surface area contributed by atoms with E-state index in [1.54, 1.807) is 20.7 Å². The van der Waals surface area contributed by atoms with Gasteiger partial charge in [-0.05, 0) is 73.2 Å². The molecule has 0 radical (unpaired) electrons. The maximum Gasteiger partial charge on any atom is 0.0896 e. The lowest BCUT2D eigenvalue weighted by atomic mass is 10.2. The number of para-hydroxylation sites is 2. The Balaban J connectivity index is 1.60. The van der Waals surface area contributed by atoms with Gasteiger partial charge in [-0.1, -0.05) is 23.7 Å². The van der Waals surface area contributed by atoms with Crippen molar-refractivity contribution in [3.05, 3.63) is 53.6 Å². The number of anilines is 3. The highest BCUT2D eigenvalue weighted by Gasteiger charge is 2.41. The fourth-order valence-electron chi connectivity index (χ4n) is 3.13.